The first-order valence-corrected chi connectivity index (χ1v) is 4.81. The van der Waals surface area contributed by atoms with Gasteiger partial charge in [0.15, 0.2) is 5.82 Å². The van der Waals surface area contributed by atoms with E-state index < -0.39 is 0 Å². The molecule has 84 valence electrons. The fourth-order valence-electron chi connectivity index (χ4n) is 1.19. The number of aryl methyl sites for hydroxylation is 1. The molecule has 16 heavy (non-hydrogen) atoms. The maximum Gasteiger partial charge on any atom is 0.326 e. The summed E-state index contributed by atoms with van der Waals surface area (Å²) in [7, 11) is 0. The van der Waals surface area contributed by atoms with Gasteiger partial charge in [-0.05, 0) is 0 Å². The minimum absolute atomic E-state index is 0.224. The van der Waals surface area contributed by atoms with E-state index >= 15 is 0 Å². The van der Waals surface area contributed by atoms with E-state index in [0.29, 0.717) is 24.7 Å². The molecular formula is C9H11N5O2. The van der Waals surface area contributed by atoms with Crippen LogP contribution in [0.3, 0.4) is 0 Å². The number of rotatable bonds is 3. The number of nitrogens with zero attached hydrogens (tertiary/aromatic N) is 4. The van der Waals surface area contributed by atoms with Crippen LogP contribution in [0.1, 0.15) is 11.7 Å². The van der Waals surface area contributed by atoms with Gasteiger partial charge in [-0.2, -0.15) is 4.98 Å². The lowest BCUT2D eigenvalue weighted by molar-refractivity contribution is 0.242. The van der Waals surface area contributed by atoms with Crippen LogP contribution in [-0.4, -0.2) is 32.3 Å². The van der Waals surface area contributed by atoms with Crippen LogP contribution in [0, 0.1) is 6.92 Å². The summed E-state index contributed by atoms with van der Waals surface area (Å²) in [6.07, 6.45) is 5.10. The predicted molar refractivity (Wildman–Crippen MR) is 53.8 cm³/mol. The zero-order valence-electron chi connectivity index (χ0n) is 8.75. The highest BCUT2D eigenvalue weighted by atomic mass is 16.5. The van der Waals surface area contributed by atoms with E-state index in [9.17, 15) is 4.79 Å². The molecule has 2 rings (SSSR count). The van der Waals surface area contributed by atoms with Gasteiger partial charge in [0.2, 0.25) is 5.89 Å². The van der Waals surface area contributed by atoms with Crippen molar-refractivity contribution in [3.8, 4) is 0 Å². The quantitative estimate of drug-likeness (QED) is 0.809. The second kappa shape index (κ2) is 4.56. The minimum atomic E-state index is -0.224. The predicted octanol–water partition coefficient (Wildman–Crippen LogP) is 0.375. The summed E-state index contributed by atoms with van der Waals surface area (Å²) >= 11 is 0. The van der Waals surface area contributed by atoms with Crippen LogP contribution in [0.25, 0.3) is 0 Å². The number of imidazole rings is 1. The molecular weight excluding hydrogens is 210 g/mol. The molecule has 0 spiro atoms. The average molecular weight is 221 g/mol. The van der Waals surface area contributed by atoms with Gasteiger partial charge in [-0.1, -0.05) is 5.16 Å². The van der Waals surface area contributed by atoms with Gasteiger partial charge in [-0.25, -0.2) is 9.78 Å². The van der Waals surface area contributed by atoms with Crippen LogP contribution in [0.4, 0.5) is 4.79 Å². The van der Waals surface area contributed by atoms with E-state index in [0.717, 1.165) is 0 Å². The normalized spacial score (nSPS) is 10.3. The van der Waals surface area contributed by atoms with Gasteiger partial charge in [-0.3, -0.25) is 4.57 Å². The number of aromatic nitrogens is 4. The lowest BCUT2D eigenvalue weighted by atomic mass is 10.4. The molecule has 0 aliphatic carbocycles. The molecule has 0 saturated heterocycles. The third kappa shape index (κ3) is 2.44. The van der Waals surface area contributed by atoms with Crippen molar-refractivity contribution in [2.24, 2.45) is 0 Å². The molecule has 0 radical (unpaired) electrons. The third-order valence-electron chi connectivity index (χ3n) is 1.93. The second-order valence-electron chi connectivity index (χ2n) is 3.18. The van der Waals surface area contributed by atoms with E-state index in [1.54, 1.807) is 19.3 Å². The zero-order valence-corrected chi connectivity index (χ0v) is 8.75. The summed E-state index contributed by atoms with van der Waals surface area (Å²) in [5, 5.41) is 6.42. The van der Waals surface area contributed by atoms with Gasteiger partial charge in [0.1, 0.15) is 6.33 Å². The van der Waals surface area contributed by atoms with Crippen LogP contribution < -0.4 is 5.32 Å². The Kier molecular flexibility index (Phi) is 2.95. The van der Waals surface area contributed by atoms with Gasteiger partial charge in [-0.15, -0.1) is 0 Å². The third-order valence-corrected chi connectivity index (χ3v) is 1.93. The Hall–Kier alpha value is -2.18. The Morgan fingerprint density at radius 3 is 3.12 bits per heavy atom. The molecule has 0 bridgehead atoms. The summed E-state index contributed by atoms with van der Waals surface area (Å²) in [6.45, 7) is 2.18. The van der Waals surface area contributed by atoms with Crippen molar-refractivity contribution in [3.05, 3.63) is 30.4 Å². The maximum atomic E-state index is 11.4. The smallest absolute Gasteiger partial charge is 0.326 e. The molecule has 0 atom stereocenters. The lowest BCUT2D eigenvalue weighted by Crippen LogP contribution is -2.29. The molecule has 2 aromatic rings. The molecule has 0 saturated carbocycles. The molecule has 7 heteroatoms. The van der Waals surface area contributed by atoms with E-state index in [1.807, 2.05) is 0 Å². The SMILES string of the molecule is Cc1nc(CCNC(=O)n2ccnc2)no1. The Balaban J connectivity index is 1.78. The standard InChI is InChI=1S/C9H11N5O2/c1-7-12-8(13-16-7)2-3-11-9(15)14-5-4-10-6-14/h4-6H,2-3H2,1H3,(H,11,15). The second-order valence-corrected chi connectivity index (χ2v) is 3.18. The first-order valence-electron chi connectivity index (χ1n) is 4.81. The highest BCUT2D eigenvalue weighted by molar-refractivity contribution is 5.76. The fraction of sp³-hybridized carbons (Fsp3) is 0.333. The summed E-state index contributed by atoms with van der Waals surface area (Å²) in [5.41, 5.74) is 0. The van der Waals surface area contributed by atoms with Crippen molar-refractivity contribution < 1.29 is 9.32 Å². The molecule has 1 amide bonds. The molecule has 7 nitrogen and oxygen atoms in total. The largest absolute Gasteiger partial charge is 0.340 e. The molecule has 2 heterocycles. The monoisotopic (exact) mass is 221 g/mol. The first kappa shape index (κ1) is 10.3. The first-order chi connectivity index (χ1) is 7.75. The molecule has 0 aliphatic heterocycles. The van der Waals surface area contributed by atoms with Gasteiger partial charge >= 0.3 is 6.03 Å². The van der Waals surface area contributed by atoms with Crippen LogP contribution in [0.15, 0.2) is 23.2 Å². The number of nitrogens with one attached hydrogen (secondary N) is 1. The van der Waals surface area contributed by atoms with Crippen molar-refractivity contribution in [3.63, 3.8) is 0 Å². The Labute approximate surface area is 91.5 Å². The summed E-state index contributed by atoms with van der Waals surface area (Å²) in [4.78, 5) is 19.2. The molecule has 0 aliphatic rings. The van der Waals surface area contributed by atoms with Crippen molar-refractivity contribution in [2.45, 2.75) is 13.3 Å². The van der Waals surface area contributed by atoms with Gasteiger partial charge in [0.05, 0.1) is 0 Å². The number of carbonyl (C=O) groups excluding carboxylic acids is 1. The maximum absolute atomic E-state index is 11.4. The topological polar surface area (TPSA) is 85.8 Å². The highest BCUT2D eigenvalue weighted by Gasteiger charge is 2.05. The number of hydrogen-bond donors (Lipinski definition) is 1. The van der Waals surface area contributed by atoms with E-state index in [4.69, 9.17) is 4.52 Å². The highest BCUT2D eigenvalue weighted by Crippen LogP contribution is 1.94. The molecule has 0 unspecified atom stereocenters. The lowest BCUT2D eigenvalue weighted by Gasteiger charge is -2.02. The van der Waals surface area contributed by atoms with Crippen LogP contribution in [0.2, 0.25) is 0 Å². The van der Waals surface area contributed by atoms with Crippen molar-refractivity contribution in [1.82, 2.24) is 25.0 Å². The van der Waals surface area contributed by atoms with Crippen LogP contribution >= 0.6 is 0 Å². The average Bonchev–Trinajstić information content (AvgIpc) is 2.89. The van der Waals surface area contributed by atoms with Gasteiger partial charge in [0, 0.05) is 32.3 Å². The Morgan fingerprint density at radius 1 is 1.62 bits per heavy atom. The van der Waals surface area contributed by atoms with E-state index in [-0.39, 0.29) is 6.03 Å². The van der Waals surface area contributed by atoms with Gasteiger partial charge in [0.25, 0.3) is 0 Å². The minimum Gasteiger partial charge on any atom is -0.340 e. The summed E-state index contributed by atoms with van der Waals surface area (Å²) in [6, 6.07) is -0.224. The fourth-order valence-corrected chi connectivity index (χ4v) is 1.19. The van der Waals surface area contributed by atoms with Gasteiger partial charge < -0.3 is 9.84 Å². The summed E-state index contributed by atoms with van der Waals surface area (Å²) in [5.74, 6) is 1.11. The summed E-state index contributed by atoms with van der Waals surface area (Å²) < 4.78 is 6.17. The number of hydrogen-bond acceptors (Lipinski definition) is 5. The van der Waals surface area contributed by atoms with Crippen molar-refractivity contribution in [1.29, 1.82) is 0 Å². The Bertz CT molecular complexity index is 462. The molecule has 1 N–H and O–H groups in total. The molecule has 0 fully saturated rings. The van der Waals surface area contributed by atoms with E-state index in [1.165, 1.54) is 10.9 Å². The molecule has 2 aromatic heterocycles. The number of carbonyl (C=O) groups is 1. The molecule has 0 aromatic carbocycles. The van der Waals surface area contributed by atoms with Crippen LogP contribution in [0.5, 0.6) is 0 Å². The van der Waals surface area contributed by atoms with Crippen molar-refractivity contribution in [2.75, 3.05) is 6.54 Å². The zero-order chi connectivity index (χ0) is 11.4. The van der Waals surface area contributed by atoms with Crippen molar-refractivity contribution >= 4 is 6.03 Å². The van der Waals surface area contributed by atoms with Crippen LogP contribution in [-0.2, 0) is 6.42 Å². The Morgan fingerprint density at radius 2 is 2.50 bits per heavy atom. The van der Waals surface area contributed by atoms with E-state index in [2.05, 4.69) is 20.4 Å². The number of amides is 1.